The van der Waals surface area contributed by atoms with Crippen LogP contribution in [0, 0.1) is 12.8 Å². The number of aryl methyl sites for hydroxylation is 1. The number of benzene rings is 1. The zero-order valence-corrected chi connectivity index (χ0v) is 13.8. The van der Waals surface area contributed by atoms with Crippen molar-refractivity contribution in [3.8, 4) is 0 Å². The zero-order valence-electron chi connectivity index (χ0n) is 13.8. The van der Waals surface area contributed by atoms with Gasteiger partial charge >= 0.3 is 0 Å². The molecule has 1 unspecified atom stereocenters. The normalized spacial score (nSPS) is 17.4. The van der Waals surface area contributed by atoms with E-state index in [0.717, 1.165) is 29.4 Å². The van der Waals surface area contributed by atoms with Gasteiger partial charge in [0.1, 0.15) is 6.61 Å². The van der Waals surface area contributed by atoms with Gasteiger partial charge in [0.25, 0.3) is 0 Å². The van der Waals surface area contributed by atoms with Crippen LogP contribution >= 0.6 is 0 Å². The Hall–Kier alpha value is -2.34. The first-order valence-corrected chi connectivity index (χ1v) is 8.29. The Balaban J connectivity index is 1.60. The van der Waals surface area contributed by atoms with Crippen molar-refractivity contribution in [3.63, 3.8) is 0 Å². The Morgan fingerprint density at radius 1 is 1.42 bits per heavy atom. The van der Waals surface area contributed by atoms with Gasteiger partial charge in [-0.1, -0.05) is 12.1 Å². The first-order chi connectivity index (χ1) is 11.6. The second-order valence-electron chi connectivity index (χ2n) is 6.44. The minimum Gasteiger partial charge on any atom is -0.387 e. The number of aliphatic hydroxyl groups is 1. The van der Waals surface area contributed by atoms with Gasteiger partial charge in [-0.25, -0.2) is 0 Å². The maximum Gasteiger partial charge on any atom is 0.245 e. The van der Waals surface area contributed by atoms with Crippen molar-refractivity contribution in [3.05, 3.63) is 35.5 Å². The minimum absolute atomic E-state index is 0.120. The number of hydrogen-bond acceptors (Lipinski definition) is 3. The van der Waals surface area contributed by atoms with Crippen LogP contribution in [-0.4, -0.2) is 53.0 Å². The van der Waals surface area contributed by atoms with Gasteiger partial charge in [-0.05, 0) is 36.5 Å². The largest absolute Gasteiger partial charge is 0.387 e. The van der Waals surface area contributed by atoms with E-state index in [0.29, 0.717) is 19.5 Å². The van der Waals surface area contributed by atoms with Crippen LogP contribution in [0.1, 0.15) is 17.5 Å². The smallest absolute Gasteiger partial charge is 0.245 e. The highest BCUT2D eigenvalue weighted by atomic mass is 16.3. The van der Waals surface area contributed by atoms with Gasteiger partial charge in [0.05, 0.1) is 6.42 Å². The number of carbonyl (C=O) groups excluding carboxylic acids is 2. The molecule has 1 aliphatic heterocycles. The third kappa shape index (κ3) is 3.43. The molecule has 0 spiro atoms. The highest BCUT2D eigenvalue weighted by molar-refractivity contribution is 5.91. The van der Waals surface area contributed by atoms with Crippen molar-refractivity contribution >= 4 is 22.7 Å². The Morgan fingerprint density at radius 3 is 3.04 bits per heavy atom. The molecule has 1 aromatic heterocycles. The molecule has 128 valence electrons. The first kappa shape index (κ1) is 16.5. The molecule has 1 aromatic carbocycles. The molecule has 24 heavy (non-hydrogen) atoms. The molecule has 0 radical (unpaired) electrons. The Labute approximate surface area is 140 Å². The first-order valence-electron chi connectivity index (χ1n) is 8.29. The third-order valence-electron chi connectivity index (χ3n) is 4.71. The molecule has 0 aliphatic carbocycles. The van der Waals surface area contributed by atoms with Gasteiger partial charge in [0.2, 0.25) is 11.8 Å². The maximum absolute atomic E-state index is 12.6. The van der Waals surface area contributed by atoms with Gasteiger partial charge in [-0.3, -0.25) is 9.59 Å². The van der Waals surface area contributed by atoms with Crippen LogP contribution < -0.4 is 5.32 Å². The lowest BCUT2D eigenvalue weighted by molar-refractivity contribution is -0.129. The highest BCUT2D eigenvalue weighted by Gasteiger charge is 2.26. The molecular weight excluding hydrogens is 306 g/mol. The molecule has 1 saturated heterocycles. The lowest BCUT2D eigenvalue weighted by atomic mass is 10.1. The number of likely N-dealkylation sites (tertiary alicyclic amines) is 1. The van der Waals surface area contributed by atoms with Crippen LogP contribution in [0.4, 0.5) is 0 Å². The standard InChI is InChI=1S/C18H23N3O3/c1-12-3-2-4-15-18(12)14(9-19-15)7-17(24)21-6-5-13(10-21)8-20-16(23)11-22/h2-4,9,13,19,22H,5-8,10-11H2,1H3,(H,20,23). The van der Waals surface area contributed by atoms with Crippen LogP contribution in [0.3, 0.4) is 0 Å². The average molecular weight is 329 g/mol. The van der Waals surface area contributed by atoms with Gasteiger partial charge < -0.3 is 20.3 Å². The van der Waals surface area contributed by atoms with E-state index in [1.807, 2.05) is 23.2 Å². The molecule has 0 bridgehead atoms. The molecule has 3 rings (SSSR count). The number of nitrogens with zero attached hydrogens (tertiary/aromatic N) is 1. The van der Waals surface area contributed by atoms with E-state index >= 15 is 0 Å². The Bertz CT molecular complexity index is 753. The molecule has 6 nitrogen and oxygen atoms in total. The van der Waals surface area contributed by atoms with Crippen LogP contribution in [-0.2, 0) is 16.0 Å². The van der Waals surface area contributed by atoms with Crippen molar-refractivity contribution in [1.82, 2.24) is 15.2 Å². The van der Waals surface area contributed by atoms with E-state index in [1.165, 1.54) is 5.56 Å². The molecule has 0 saturated carbocycles. The summed E-state index contributed by atoms with van der Waals surface area (Å²) in [5, 5.41) is 12.5. The Morgan fingerprint density at radius 2 is 2.25 bits per heavy atom. The minimum atomic E-state index is -0.491. The number of aromatic amines is 1. The summed E-state index contributed by atoms with van der Waals surface area (Å²) < 4.78 is 0. The number of hydrogen-bond donors (Lipinski definition) is 3. The summed E-state index contributed by atoms with van der Waals surface area (Å²) in [4.78, 5) is 28.8. The number of rotatable bonds is 5. The molecule has 6 heteroatoms. The summed E-state index contributed by atoms with van der Waals surface area (Å²) in [5.74, 6) is 0.0123. The molecule has 3 N–H and O–H groups in total. The number of aliphatic hydroxyl groups excluding tert-OH is 1. The molecule has 2 amide bonds. The van der Waals surface area contributed by atoms with Crippen LogP contribution in [0.2, 0.25) is 0 Å². The summed E-state index contributed by atoms with van der Waals surface area (Å²) in [6, 6.07) is 6.08. The fourth-order valence-electron chi connectivity index (χ4n) is 3.41. The molecule has 2 aromatic rings. The van der Waals surface area contributed by atoms with Crippen molar-refractivity contribution in [1.29, 1.82) is 0 Å². The monoisotopic (exact) mass is 329 g/mol. The number of fused-ring (bicyclic) bond motifs is 1. The molecule has 1 fully saturated rings. The van der Waals surface area contributed by atoms with Crippen molar-refractivity contribution in [2.75, 3.05) is 26.2 Å². The van der Waals surface area contributed by atoms with Crippen LogP contribution in [0.25, 0.3) is 10.9 Å². The lowest BCUT2D eigenvalue weighted by Crippen LogP contribution is -2.34. The van der Waals surface area contributed by atoms with Crippen molar-refractivity contribution in [2.45, 2.75) is 19.8 Å². The highest BCUT2D eigenvalue weighted by Crippen LogP contribution is 2.24. The van der Waals surface area contributed by atoms with E-state index in [2.05, 4.69) is 23.3 Å². The number of amides is 2. The topological polar surface area (TPSA) is 85.4 Å². The number of nitrogens with one attached hydrogen (secondary N) is 2. The zero-order chi connectivity index (χ0) is 17.1. The molecule has 1 aliphatic rings. The molecule has 2 heterocycles. The summed E-state index contributed by atoms with van der Waals surface area (Å²) in [6.45, 7) is 3.45. The third-order valence-corrected chi connectivity index (χ3v) is 4.71. The lowest BCUT2D eigenvalue weighted by Gasteiger charge is -2.17. The number of aromatic nitrogens is 1. The van der Waals surface area contributed by atoms with Crippen LogP contribution in [0.15, 0.2) is 24.4 Å². The van der Waals surface area contributed by atoms with Crippen molar-refractivity contribution < 1.29 is 14.7 Å². The predicted octanol–water partition coefficient (Wildman–Crippen LogP) is 0.976. The summed E-state index contributed by atoms with van der Waals surface area (Å²) in [7, 11) is 0. The number of H-pyrrole nitrogens is 1. The number of carbonyl (C=O) groups is 2. The maximum atomic E-state index is 12.6. The molecule has 1 atom stereocenters. The van der Waals surface area contributed by atoms with E-state index in [1.54, 1.807) is 0 Å². The fourth-order valence-corrected chi connectivity index (χ4v) is 3.41. The Kier molecular flexibility index (Phi) is 4.85. The molecular formula is C18H23N3O3. The summed E-state index contributed by atoms with van der Waals surface area (Å²) in [5.41, 5.74) is 3.26. The second kappa shape index (κ2) is 7.05. The predicted molar refractivity (Wildman–Crippen MR) is 91.5 cm³/mol. The van der Waals surface area contributed by atoms with Crippen LogP contribution in [0.5, 0.6) is 0 Å². The second-order valence-corrected chi connectivity index (χ2v) is 6.44. The fraction of sp³-hybridized carbons (Fsp3) is 0.444. The van der Waals surface area contributed by atoms with Gasteiger partial charge in [0, 0.05) is 36.7 Å². The van der Waals surface area contributed by atoms with E-state index in [4.69, 9.17) is 5.11 Å². The van der Waals surface area contributed by atoms with E-state index in [9.17, 15) is 9.59 Å². The van der Waals surface area contributed by atoms with Crippen molar-refractivity contribution in [2.24, 2.45) is 5.92 Å². The quantitative estimate of drug-likeness (QED) is 0.764. The van der Waals surface area contributed by atoms with Gasteiger partial charge in [0.15, 0.2) is 0 Å². The average Bonchev–Trinajstić information content (AvgIpc) is 3.20. The summed E-state index contributed by atoms with van der Waals surface area (Å²) >= 11 is 0. The summed E-state index contributed by atoms with van der Waals surface area (Å²) in [6.07, 6.45) is 3.19. The SMILES string of the molecule is Cc1cccc2[nH]cc(CC(=O)N3CCC(CNC(=O)CO)C3)c12. The van der Waals surface area contributed by atoms with Gasteiger partial charge in [-0.2, -0.15) is 0 Å². The van der Waals surface area contributed by atoms with E-state index in [-0.39, 0.29) is 17.7 Å². The van der Waals surface area contributed by atoms with Gasteiger partial charge in [-0.15, -0.1) is 0 Å². The van der Waals surface area contributed by atoms with E-state index < -0.39 is 6.61 Å².